The highest BCUT2D eigenvalue weighted by molar-refractivity contribution is 6.03. The van der Waals surface area contributed by atoms with Crippen LogP contribution in [0.2, 0.25) is 0 Å². The molecule has 0 radical (unpaired) electrons. The number of hydrogen-bond acceptors (Lipinski definition) is 4. The summed E-state index contributed by atoms with van der Waals surface area (Å²) < 4.78 is 2.50. The zero-order valence-electron chi connectivity index (χ0n) is 30.5. The summed E-state index contributed by atoms with van der Waals surface area (Å²) in [5, 5.41) is 6.49. The van der Waals surface area contributed by atoms with Crippen molar-refractivity contribution < 1.29 is 9.37 Å². The van der Waals surface area contributed by atoms with Crippen LogP contribution in [-0.4, -0.2) is 55.5 Å². The first-order valence-corrected chi connectivity index (χ1v) is 18.6. The molecule has 0 fully saturated rings. The SMILES string of the molecule is CCCCN1/C(=C/C=C/C=C/C2=[N+](CCCCCC(=O)NCCCCNCCCN)c3ccccc3C2(C)C)C(C)(C)c2ccccc21. The number of amides is 1. The van der Waals surface area contributed by atoms with E-state index in [2.05, 4.69) is 134 Å². The first kappa shape index (κ1) is 37.3. The molecule has 0 aliphatic carbocycles. The average Bonchev–Trinajstić information content (AvgIpc) is 3.43. The largest absolute Gasteiger partial charge is 0.356 e. The molecular weight excluding hydrogens is 590 g/mol. The van der Waals surface area contributed by atoms with Crippen LogP contribution in [-0.2, 0) is 15.6 Å². The van der Waals surface area contributed by atoms with Crippen LogP contribution in [0.1, 0.15) is 104 Å². The molecule has 0 aromatic heterocycles. The predicted molar refractivity (Wildman–Crippen MR) is 205 cm³/mol. The molecule has 2 aromatic carbocycles. The smallest absolute Gasteiger partial charge is 0.219 e. The van der Waals surface area contributed by atoms with Crippen molar-refractivity contribution in [2.24, 2.45) is 5.73 Å². The lowest BCUT2D eigenvalue weighted by Crippen LogP contribution is -2.28. The Hall–Kier alpha value is -3.48. The van der Waals surface area contributed by atoms with E-state index in [1.54, 1.807) is 0 Å². The summed E-state index contributed by atoms with van der Waals surface area (Å²) in [6.45, 7) is 17.1. The average molecular weight is 653 g/mol. The number of nitrogens with one attached hydrogen (secondary N) is 2. The maximum absolute atomic E-state index is 12.4. The quantitative estimate of drug-likeness (QED) is 0.0769. The number of anilines is 1. The first-order valence-electron chi connectivity index (χ1n) is 18.6. The number of fused-ring (bicyclic) bond motifs is 2. The Morgan fingerprint density at radius 1 is 0.812 bits per heavy atom. The Bertz CT molecular complexity index is 1460. The molecule has 2 aromatic rings. The Balaban J connectivity index is 1.35. The molecule has 0 saturated heterocycles. The minimum absolute atomic E-state index is 0.0261. The van der Waals surface area contributed by atoms with Gasteiger partial charge in [0, 0.05) is 60.4 Å². The van der Waals surface area contributed by atoms with Crippen LogP contribution in [0.25, 0.3) is 0 Å². The van der Waals surface area contributed by atoms with Gasteiger partial charge in [-0.05, 0) is 89.7 Å². The molecule has 2 heterocycles. The summed E-state index contributed by atoms with van der Waals surface area (Å²) in [6, 6.07) is 17.7. The molecule has 0 saturated carbocycles. The third kappa shape index (κ3) is 9.35. The van der Waals surface area contributed by atoms with Gasteiger partial charge in [-0.3, -0.25) is 4.79 Å². The molecule has 0 spiro atoms. The maximum Gasteiger partial charge on any atom is 0.219 e. The third-order valence-corrected chi connectivity index (χ3v) is 10.0. The van der Waals surface area contributed by atoms with Crippen LogP contribution in [0.4, 0.5) is 11.4 Å². The predicted octanol–water partition coefficient (Wildman–Crippen LogP) is 8.05. The number of benzene rings is 2. The number of hydrogen-bond donors (Lipinski definition) is 3. The van der Waals surface area contributed by atoms with E-state index in [4.69, 9.17) is 5.73 Å². The molecule has 6 nitrogen and oxygen atoms in total. The zero-order chi connectivity index (χ0) is 34.4. The summed E-state index contributed by atoms with van der Waals surface area (Å²) >= 11 is 0. The fourth-order valence-corrected chi connectivity index (χ4v) is 7.21. The summed E-state index contributed by atoms with van der Waals surface area (Å²) in [4.78, 5) is 14.9. The second kappa shape index (κ2) is 18.3. The van der Waals surface area contributed by atoms with Crippen molar-refractivity contribution in [3.05, 3.63) is 95.7 Å². The Morgan fingerprint density at radius 2 is 1.54 bits per heavy atom. The summed E-state index contributed by atoms with van der Waals surface area (Å²) in [7, 11) is 0. The molecule has 6 heteroatoms. The Kier molecular flexibility index (Phi) is 14.3. The summed E-state index contributed by atoms with van der Waals surface area (Å²) in [5.74, 6) is 0.175. The maximum atomic E-state index is 12.4. The van der Waals surface area contributed by atoms with Crippen LogP contribution >= 0.6 is 0 Å². The second-order valence-corrected chi connectivity index (χ2v) is 14.4. The van der Waals surface area contributed by atoms with Gasteiger partial charge in [0.1, 0.15) is 6.54 Å². The van der Waals surface area contributed by atoms with Gasteiger partial charge in [-0.15, -0.1) is 0 Å². The number of para-hydroxylation sites is 2. The van der Waals surface area contributed by atoms with Crippen molar-refractivity contribution in [1.29, 1.82) is 0 Å². The minimum atomic E-state index is -0.0781. The van der Waals surface area contributed by atoms with Gasteiger partial charge in [-0.1, -0.05) is 81.8 Å². The van der Waals surface area contributed by atoms with E-state index in [0.29, 0.717) is 6.42 Å². The van der Waals surface area contributed by atoms with E-state index in [9.17, 15) is 4.79 Å². The highest BCUT2D eigenvalue weighted by Crippen LogP contribution is 2.47. The van der Waals surface area contributed by atoms with Crippen molar-refractivity contribution in [1.82, 2.24) is 10.6 Å². The lowest BCUT2D eigenvalue weighted by molar-refractivity contribution is -0.438. The molecule has 260 valence electrons. The minimum Gasteiger partial charge on any atom is -0.356 e. The summed E-state index contributed by atoms with van der Waals surface area (Å²) in [6.07, 6.45) is 20.3. The highest BCUT2D eigenvalue weighted by Gasteiger charge is 2.43. The molecule has 2 aliphatic rings. The van der Waals surface area contributed by atoms with Gasteiger partial charge in [-0.25, -0.2) is 0 Å². The Morgan fingerprint density at radius 3 is 2.33 bits per heavy atom. The number of carbonyl (C=O) groups excluding carboxylic acids is 1. The lowest BCUT2D eigenvalue weighted by Gasteiger charge is -2.27. The number of unbranched alkanes of at least 4 members (excludes halogenated alkanes) is 4. The zero-order valence-corrected chi connectivity index (χ0v) is 30.5. The van der Waals surface area contributed by atoms with Crippen molar-refractivity contribution >= 4 is 23.0 Å². The van der Waals surface area contributed by atoms with Gasteiger partial charge in [0.25, 0.3) is 0 Å². The normalized spacial score (nSPS) is 17.2. The monoisotopic (exact) mass is 652 g/mol. The number of rotatable bonds is 20. The number of nitrogens with zero attached hydrogens (tertiary/aromatic N) is 2. The molecule has 0 atom stereocenters. The van der Waals surface area contributed by atoms with Crippen LogP contribution in [0, 0.1) is 0 Å². The van der Waals surface area contributed by atoms with Gasteiger partial charge in [0.15, 0.2) is 5.71 Å². The number of allylic oxidation sites excluding steroid dienone is 6. The molecule has 48 heavy (non-hydrogen) atoms. The molecule has 2 aliphatic heterocycles. The summed E-state index contributed by atoms with van der Waals surface area (Å²) in [5.41, 5.74) is 13.6. The number of nitrogens with two attached hydrogens (primary N) is 1. The van der Waals surface area contributed by atoms with Crippen molar-refractivity contribution in [2.45, 2.75) is 103 Å². The molecule has 4 rings (SSSR count). The molecule has 4 N–H and O–H groups in total. The van der Waals surface area contributed by atoms with Crippen molar-refractivity contribution in [3.63, 3.8) is 0 Å². The van der Waals surface area contributed by atoms with Gasteiger partial charge >= 0.3 is 0 Å². The van der Waals surface area contributed by atoms with E-state index < -0.39 is 0 Å². The molecule has 0 unspecified atom stereocenters. The van der Waals surface area contributed by atoms with Gasteiger partial charge in [0.2, 0.25) is 11.6 Å². The van der Waals surface area contributed by atoms with E-state index in [1.165, 1.54) is 46.8 Å². The van der Waals surface area contributed by atoms with E-state index in [-0.39, 0.29) is 16.7 Å². The molecular formula is C42H62N5O+. The van der Waals surface area contributed by atoms with E-state index in [0.717, 1.165) is 77.8 Å². The van der Waals surface area contributed by atoms with E-state index in [1.807, 2.05) is 0 Å². The fraction of sp³-hybridized carbons (Fsp3) is 0.524. The van der Waals surface area contributed by atoms with Crippen LogP contribution in [0.15, 0.2) is 84.6 Å². The van der Waals surface area contributed by atoms with Crippen LogP contribution in [0.3, 0.4) is 0 Å². The Labute approximate surface area is 291 Å². The van der Waals surface area contributed by atoms with Gasteiger partial charge in [0.05, 0.1) is 5.41 Å². The third-order valence-electron chi connectivity index (χ3n) is 10.0. The first-order chi connectivity index (χ1) is 23.2. The second-order valence-electron chi connectivity index (χ2n) is 14.4. The standard InChI is InChI=1S/C42H61N5O/c1-6-7-32-46-36-23-15-13-21-34(36)41(2,3)38(46)25-10-8-11-26-39-42(4,5)35-22-14-16-24-37(35)47(39)33-19-9-12-27-40(48)45-31-18-17-29-44-30-20-28-43/h8,10-11,13-16,21-26,44H,6-7,9,12,17-20,27-33,43H2,1-5H3/p+1. The van der Waals surface area contributed by atoms with Gasteiger partial charge < -0.3 is 21.3 Å². The van der Waals surface area contributed by atoms with Crippen molar-refractivity contribution in [3.8, 4) is 0 Å². The van der Waals surface area contributed by atoms with Gasteiger partial charge in [-0.2, -0.15) is 4.58 Å². The van der Waals surface area contributed by atoms with E-state index >= 15 is 0 Å². The lowest BCUT2D eigenvalue weighted by atomic mass is 9.81. The van der Waals surface area contributed by atoms with Crippen LogP contribution in [0.5, 0.6) is 0 Å². The molecule has 0 bridgehead atoms. The molecule has 1 amide bonds. The van der Waals surface area contributed by atoms with Crippen LogP contribution < -0.4 is 21.3 Å². The fourth-order valence-electron chi connectivity index (χ4n) is 7.21. The number of carbonyl (C=O) groups is 1. The topological polar surface area (TPSA) is 73.4 Å². The highest BCUT2D eigenvalue weighted by atomic mass is 16.1. The van der Waals surface area contributed by atoms with Crippen molar-refractivity contribution in [2.75, 3.05) is 44.2 Å².